The van der Waals surface area contributed by atoms with E-state index >= 15 is 0 Å². The van der Waals surface area contributed by atoms with Crippen LogP contribution in [-0.4, -0.2) is 62.3 Å². The number of rotatable bonds is 6. The predicted octanol–water partition coefficient (Wildman–Crippen LogP) is 2.55. The van der Waals surface area contributed by atoms with Gasteiger partial charge in [-0.05, 0) is 0 Å². The van der Waals surface area contributed by atoms with Gasteiger partial charge in [-0.1, -0.05) is 30.3 Å². The van der Waals surface area contributed by atoms with Crippen LogP contribution < -0.4 is 10.2 Å². The second kappa shape index (κ2) is 8.21. The Hall–Kier alpha value is -2.22. The minimum Gasteiger partial charge on any atom is -0.383 e. The summed E-state index contributed by atoms with van der Waals surface area (Å²) in [6.07, 6.45) is 1.66. The van der Waals surface area contributed by atoms with Gasteiger partial charge >= 0.3 is 0 Å². The lowest BCUT2D eigenvalue weighted by atomic mass is 10.0. The molecule has 144 valence electrons. The maximum Gasteiger partial charge on any atom is 0.227 e. The van der Waals surface area contributed by atoms with E-state index < -0.39 is 5.79 Å². The third-order valence-corrected chi connectivity index (χ3v) is 5.02. The van der Waals surface area contributed by atoms with Gasteiger partial charge in [0.1, 0.15) is 5.82 Å². The summed E-state index contributed by atoms with van der Waals surface area (Å²) in [6.45, 7) is 4.33. The van der Waals surface area contributed by atoms with E-state index in [9.17, 15) is 0 Å². The zero-order valence-electron chi connectivity index (χ0n) is 15.7. The monoisotopic (exact) mass is 370 g/mol. The van der Waals surface area contributed by atoms with Gasteiger partial charge in [0.25, 0.3) is 0 Å². The molecule has 0 radical (unpaired) electrons. The Balaban J connectivity index is 1.56. The lowest BCUT2D eigenvalue weighted by Crippen LogP contribution is -2.45. The molecule has 2 fully saturated rings. The number of nitrogens with zero attached hydrogens (tertiary/aromatic N) is 3. The molecule has 2 saturated heterocycles. The summed E-state index contributed by atoms with van der Waals surface area (Å²) < 4.78 is 16.8. The van der Waals surface area contributed by atoms with Gasteiger partial charge in [-0.2, -0.15) is 4.98 Å². The molecule has 4 rings (SSSR count). The van der Waals surface area contributed by atoms with Crippen molar-refractivity contribution in [2.24, 2.45) is 0 Å². The highest BCUT2D eigenvalue weighted by atomic mass is 16.7. The smallest absolute Gasteiger partial charge is 0.227 e. The fraction of sp³-hybridized carbons (Fsp3) is 0.500. The predicted molar refractivity (Wildman–Crippen MR) is 104 cm³/mol. The van der Waals surface area contributed by atoms with Crippen molar-refractivity contribution in [3.05, 3.63) is 36.4 Å². The molecule has 2 aliphatic heterocycles. The summed E-state index contributed by atoms with van der Waals surface area (Å²) in [7, 11) is 1.69. The maximum absolute atomic E-state index is 5.83. The van der Waals surface area contributed by atoms with Crippen LogP contribution in [0.5, 0.6) is 0 Å². The highest BCUT2D eigenvalue weighted by Crippen LogP contribution is 2.33. The number of ether oxygens (including phenoxy) is 3. The number of hydrogen-bond acceptors (Lipinski definition) is 7. The molecule has 1 N–H and O–H groups in total. The third kappa shape index (κ3) is 4.21. The molecule has 3 heterocycles. The Morgan fingerprint density at radius 1 is 1.11 bits per heavy atom. The number of benzene rings is 1. The van der Waals surface area contributed by atoms with Crippen LogP contribution in [0.2, 0.25) is 0 Å². The molecule has 2 aliphatic rings. The summed E-state index contributed by atoms with van der Waals surface area (Å²) >= 11 is 0. The average molecular weight is 370 g/mol. The molecule has 2 aromatic rings. The number of anilines is 2. The van der Waals surface area contributed by atoms with Crippen LogP contribution in [0, 0.1) is 0 Å². The van der Waals surface area contributed by atoms with Crippen molar-refractivity contribution in [1.82, 2.24) is 9.97 Å². The molecule has 1 aromatic carbocycles. The van der Waals surface area contributed by atoms with Crippen LogP contribution in [0.4, 0.5) is 11.8 Å². The third-order valence-electron chi connectivity index (χ3n) is 5.02. The molecular weight excluding hydrogens is 344 g/mol. The van der Waals surface area contributed by atoms with E-state index in [4.69, 9.17) is 24.2 Å². The van der Waals surface area contributed by atoms with Crippen molar-refractivity contribution in [1.29, 1.82) is 0 Å². The van der Waals surface area contributed by atoms with Crippen molar-refractivity contribution >= 4 is 11.8 Å². The van der Waals surface area contributed by atoms with Gasteiger partial charge in [0.2, 0.25) is 5.95 Å². The van der Waals surface area contributed by atoms with Gasteiger partial charge in [0, 0.05) is 51.2 Å². The fourth-order valence-electron chi connectivity index (χ4n) is 3.54. The Kier molecular flexibility index (Phi) is 5.52. The van der Waals surface area contributed by atoms with E-state index in [2.05, 4.69) is 22.3 Å². The van der Waals surface area contributed by atoms with Crippen molar-refractivity contribution in [2.45, 2.75) is 18.6 Å². The highest BCUT2D eigenvalue weighted by Gasteiger charge is 2.40. The Morgan fingerprint density at radius 2 is 1.85 bits per heavy atom. The van der Waals surface area contributed by atoms with Crippen LogP contribution >= 0.6 is 0 Å². The zero-order valence-corrected chi connectivity index (χ0v) is 15.7. The van der Waals surface area contributed by atoms with E-state index in [1.165, 1.54) is 0 Å². The van der Waals surface area contributed by atoms with E-state index in [0.29, 0.717) is 26.4 Å². The largest absolute Gasteiger partial charge is 0.383 e. The maximum atomic E-state index is 5.83. The van der Waals surface area contributed by atoms with Crippen LogP contribution in [-0.2, 0) is 14.2 Å². The van der Waals surface area contributed by atoms with Gasteiger partial charge in [-0.3, -0.25) is 0 Å². The molecule has 7 heteroatoms. The topological polar surface area (TPSA) is 68.7 Å². The Bertz CT molecular complexity index is 740. The summed E-state index contributed by atoms with van der Waals surface area (Å²) in [5, 5.41) is 3.33. The first-order valence-electron chi connectivity index (χ1n) is 9.48. The standard InChI is InChI=1S/C20H26N4O3/c1-25-12-9-21-18-15-17(16-5-3-2-4-6-16)22-19(23-18)24-10-7-20(8-11-24)26-13-14-27-20/h2-6,15H,7-14H2,1H3,(H,21,22,23). The molecule has 0 saturated carbocycles. The minimum atomic E-state index is -0.396. The number of aromatic nitrogens is 2. The van der Waals surface area contributed by atoms with Crippen molar-refractivity contribution in [3.8, 4) is 11.3 Å². The van der Waals surface area contributed by atoms with Gasteiger partial charge in [-0.15, -0.1) is 0 Å². The molecule has 0 aliphatic carbocycles. The SMILES string of the molecule is COCCNc1cc(-c2ccccc2)nc(N2CCC3(CC2)OCCO3)n1. The first-order valence-corrected chi connectivity index (χ1v) is 9.48. The van der Waals surface area contributed by atoms with Crippen molar-refractivity contribution in [3.63, 3.8) is 0 Å². The summed E-state index contributed by atoms with van der Waals surface area (Å²) in [6, 6.07) is 12.2. The van der Waals surface area contributed by atoms with Gasteiger partial charge < -0.3 is 24.4 Å². The van der Waals surface area contributed by atoms with Crippen molar-refractivity contribution in [2.75, 3.05) is 56.8 Å². The quantitative estimate of drug-likeness (QED) is 0.784. The molecule has 0 unspecified atom stereocenters. The summed E-state index contributed by atoms with van der Waals surface area (Å²) in [4.78, 5) is 11.8. The molecule has 27 heavy (non-hydrogen) atoms. The summed E-state index contributed by atoms with van der Waals surface area (Å²) in [5.41, 5.74) is 1.99. The molecule has 1 aromatic heterocycles. The second-order valence-electron chi connectivity index (χ2n) is 6.82. The van der Waals surface area contributed by atoms with E-state index in [1.807, 2.05) is 24.3 Å². The van der Waals surface area contributed by atoms with Crippen LogP contribution in [0.15, 0.2) is 36.4 Å². The van der Waals surface area contributed by atoms with E-state index in [-0.39, 0.29) is 0 Å². The van der Waals surface area contributed by atoms with Gasteiger partial charge in [0.05, 0.1) is 25.5 Å². The summed E-state index contributed by atoms with van der Waals surface area (Å²) in [5.74, 6) is 1.15. The normalized spacial score (nSPS) is 18.8. The first-order chi connectivity index (χ1) is 13.3. The Labute approximate surface area is 159 Å². The van der Waals surface area contributed by atoms with Crippen LogP contribution in [0.25, 0.3) is 11.3 Å². The fourth-order valence-corrected chi connectivity index (χ4v) is 3.54. The van der Waals surface area contributed by atoms with Crippen LogP contribution in [0.3, 0.4) is 0 Å². The van der Waals surface area contributed by atoms with Gasteiger partial charge in [-0.25, -0.2) is 4.98 Å². The zero-order chi connectivity index (χ0) is 18.5. The number of piperidine rings is 1. The van der Waals surface area contributed by atoms with E-state index in [0.717, 1.165) is 49.0 Å². The minimum absolute atomic E-state index is 0.396. The number of nitrogens with one attached hydrogen (secondary N) is 1. The van der Waals surface area contributed by atoms with Crippen LogP contribution in [0.1, 0.15) is 12.8 Å². The average Bonchev–Trinajstić information content (AvgIpc) is 3.17. The number of methoxy groups -OCH3 is 1. The highest BCUT2D eigenvalue weighted by molar-refractivity contribution is 5.64. The first kappa shape index (κ1) is 18.2. The van der Waals surface area contributed by atoms with Gasteiger partial charge in [0.15, 0.2) is 5.79 Å². The molecule has 0 atom stereocenters. The lowest BCUT2D eigenvalue weighted by molar-refractivity contribution is -0.169. The molecular formula is C20H26N4O3. The Morgan fingerprint density at radius 3 is 2.56 bits per heavy atom. The lowest BCUT2D eigenvalue weighted by Gasteiger charge is -2.37. The van der Waals surface area contributed by atoms with E-state index in [1.54, 1.807) is 7.11 Å². The molecule has 0 amide bonds. The second-order valence-corrected chi connectivity index (χ2v) is 6.82. The molecule has 7 nitrogen and oxygen atoms in total. The number of hydrogen-bond donors (Lipinski definition) is 1. The molecule has 0 bridgehead atoms. The van der Waals surface area contributed by atoms with Crippen molar-refractivity contribution < 1.29 is 14.2 Å². The molecule has 1 spiro atoms.